The maximum atomic E-state index is 12.2. The van der Waals surface area contributed by atoms with Gasteiger partial charge in [0.05, 0.1) is 13.2 Å². The van der Waals surface area contributed by atoms with E-state index in [1.165, 1.54) is 29.2 Å². The molecule has 2 aromatic carbocycles. The molecule has 0 saturated carbocycles. The highest BCUT2D eigenvalue weighted by Gasteiger charge is 2.20. The van der Waals surface area contributed by atoms with Crippen molar-refractivity contribution < 1.29 is 26.9 Å². The molecule has 0 unspecified atom stereocenters. The van der Waals surface area contributed by atoms with Gasteiger partial charge in [-0.3, -0.25) is 0 Å². The van der Waals surface area contributed by atoms with Crippen molar-refractivity contribution in [2.45, 2.75) is 4.90 Å². The van der Waals surface area contributed by atoms with E-state index in [2.05, 4.69) is 0 Å². The number of hydrogen-bond acceptors (Lipinski definition) is 6. The summed E-state index contributed by atoms with van der Waals surface area (Å²) in [5.41, 5.74) is 0. The van der Waals surface area contributed by atoms with Crippen molar-refractivity contribution in [3.05, 3.63) is 54.6 Å². The summed E-state index contributed by atoms with van der Waals surface area (Å²) in [7, 11) is -3.95. The number of nitrogens with zero attached hydrogens (tertiary/aromatic N) is 1. The van der Waals surface area contributed by atoms with Crippen molar-refractivity contribution in [2.24, 2.45) is 0 Å². The van der Waals surface area contributed by atoms with Gasteiger partial charge in [0.1, 0.15) is 16.4 Å². The minimum atomic E-state index is -3.95. The molecule has 0 aliphatic carbocycles. The molecule has 0 radical (unpaired) electrons. The summed E-state index contributed by atoms with van der Waals surface area (Å²) in [4.78, 5) is 13.6. The third kappa shape index (κ3) is 4.49. The molecule has 0 aromatic heterocycles. The third-order valence-corrected chi connectivity index (χ3v) is 4.78. The SMILES string of the molecule is O=C(Oc1cccc(OS(=O)(=O)c2ccccc2)c1)N1CCOCC1. The Balaban J connectivity index is 1.70. The van der Waals surface area contributed by atoms with Crippen molar-refractivity contribution in [3.8, 4) is 11.5 Å². The summed E-state index contributed by atoms with van der Waals surface area (Å²) in [5, 5.41) is 0. The van der Waals surface area contributed by atoms with Gasteiger partial charge in [-0.1, -0.05) is 24.3 Å². The van der Waals surface area contributed by atoms with Gasteiger partial charge >= 0.3 is 16.2 Å². The van der Waals surface area contributed by atoms with Crippen LogP contribution in [0.1, 0.15) is 0 Å². The van der Waals surface area contributed by atoms with Gasteiger partial charge in [0.15, 0.2) is 0 Å². The first-order valence-electron chi connectivity index (χ1n) is 7.69. The predicted octanol–water partition coefficient (Wildman–Crippen LogP) is 2.29. The Labute approximate surface area is 145 Å². The van der Waals surface area contributed by atoms with E-state index in [9.17, 15) is 13.2 Å². The van der Waals surface area contributed by atoms with Gasteiger partial charge in [0, 0.05) is 19.2 Å². The van der Waals surface area contributed by atoms with Crippen LogP contribution in [-0.2, 0) is 14.9 Å². The summed E-state index contributed by atoms with van der Waals surface area (Å²) >= 11 is 0. The molecule has 2 aromatic rings. The molecule has 1 aliphatic heterocycles. The lowest BCUT2D eigenvalue weighted by Crippen LogP contribution is -2.42. The minimum Gasteiger partial charge on any atom is -0.410 e. The standard InChI is InChI=1S/C17H17NO6S/c19-17(18-9-11-22-12-10-18)23-14-5-4-6-15(13-14)24-25(20,21)16-7-2-1-3-8-16/h1-8,13H,9-12H2. The smallest absolute Gasteiger partial charge is 0.410 e. The van der Waals surface area contributed by atoms with Crippen LogP contribution in [0.2, 0.25) is 0 Å². The quantitative estimate of drug-likeness (QED) is 0.775. The first-order valence-corrected chi connectivity index (χ1v) is 9.09. The van der Waals surface area contributed by atoms with Crippen LogP contribution in [-0.4, -0.2) is 45.7 Å². The molecule has 0 atom stereocenters. The maximum Gasteiger partial charge on any atom is 0.415 e. The third-order valence-electron chi connectivity index (χ3n) is 3.52. The highest BCUT2D eigenvalue weighted by atomic mass is 32.2. The van der Waals surface area contributed by atoms with E-state index in [0.29, 0.717) is 26.3 Å². The van der Waals surface area contributed by atoms with E-state index in [4.69, 9.17) is 13.7 Å². The Morgan fingerprint density at radius 1 is 0.960 bits per heavy atom. The van der Waals surface area contributed by atoms with Crippen LogP contribution in [0.25, 0.3) is 0 Å². The molecule has 1 fully saturated rings. The summed E-state index contributed by atoms with van der Waals surface area (Å²) in [5.74, 6) is 0.272. The van der Waals surface area contributed by atoms with Crippen LogP contribution in [0, 0.1) is 0 Å². The number of carbonyl (C=O) groups excluding carboxylic acids is 1. The van der Waals surface area contributed by atoms with Crippen molar-refractivity contribution in [1.82, 2.24) is 4.90 Å². The zero-order valence-electron chi connectivity index (χ0n) is 13.3. The lowest BCUT2D eigenvalue weighted by atomic mass is 10.3. The van der Waals surface area contributed by atoms with Crippen molar-refractivity contribution in [2.75, 3.05) is 26.3 Å². The highest BCUT2D eigenvalue weighted by Crippen LogP contribution is 2.23. The average molecular weight is 363 g/mol. The fourth-order valence-corrected chi connectivity index (χ4v) is 3.21. The first kappa shape index (κ1) is 17.2. The van der Waals surface area contributed by atoms with Crippen LogP contribution in [0.5, 0.6) is 11.5 Å². The number of carbonyl (C=O) groups is 1. The van der Waals surface area contributed by atoms with Crippen LogP contribution in [0.4, 0.5) is 4.79 Å². The van der Waals surface area contributed by atoms with Gasteiger partial charge in [-0.25, -0.2) is 4.79 Å². The van der Waals surface area contributed by atoms with Gasteiger partial charge in [0.25, 0.3) is 0 Å². The molecule has 1 amide bonds. The van der Waals surface area contributed by atoms with Gasteiger partial charge in [-0.15, -0.1) is 0 Å². The fourth-order valence-electron chi connectivity index (χ4n) is 2.26. The van der Waals surface area contributed by atoms with Gasteiger partial charge in [-0.2, -0.15) is 8.42 Å². The first-order chi connectivity index (χ1) is 12.0. The van der Waals surface area contributed by atoms with Gasteiger partial charge in [0.2, 0.25) is 0 Å². The summed E-state index contributed by atoms with van der Waals surface area (Å²) < 4.78 is 40.0. The second-order valence-corrected chi connectivity index (χ2v) is 6.84. The molecule has 1 heterocycles. The zero-order chi connectivity index (χ0) is 17.7. The Bertz CT molecular complexity index is 831. The summed E-state index contributed by atoms with van der Waals surface area (Å²) in [6, 6.07) is 13.8. The van der Waals surface area contributed by atoms with Crippen molar-refractivity contribution >= 4 is 16.2 Å². The van der Waals surface area contributed by atoms with Crippen LogP contribution >= 0.6 is 0 Å². The van der Waals surface area contributed by atoms with Gasteiger partial charge < -0.3 is 18.6 Å². The second-order valence-electron chi connectivity index (χ2n) is 5.29. The number of morpholine rings is 1. The molecule has 0 bridgehead atoms. The number of rotatable bonds is 4. The Kier molecular flexibility index (Phi) is 5.20. The van der Waals surface area contributed by atoms with Crippen LogP contribution in [0.3, 0.4) is 0 Å². The summed E-state index contributed by atoms with van der Waals surface area (Å²) in [6.07, 6.45) is -0.508. The van der Waals surface area contributed by atoms with E-state index in [1.807, 2.05) is 0 Å². The van der Waals surface area contributed by atoms with Crippen molar-refractivity contribution in [3.63, 3.8) is 0 Å². The molecule has 25 heavy (non-hydrogen) atoms. The maximum absolute atomic E-state index is 12.2. The summed E-state index contributed by atoms with van der Waals surface area (Å²) in [6.45, 7) is 1.84. The molecule has 0 N–H and O–H groups in total. The van der Waals surface area contributed by atoms with E-state index in [-0.39, 0.29) is 16.4 Å². The van der Waals surface area contributed by atoms with Gasteiger partial charge in [-0.05, 0) is 24.3 Å². The van der Waals surface area contributed by atoms with Crippen LogP contribution < -0.4 is 8.92 Å². The molecule has 1 saturated heterocycles. The fraction of sp³-hybridized carbons (Fsp3) is 0.235. The van der Waals surface area contributed by atoms with Crippen LogP contribution in [0.15, 0.2) is 59.5 Å². The molecule has 132 valence electrons. The molecule has 0 spiro atoms. The second kappa shape index (κ2) is 7.54. The molecule has 1 aliphatic rings. The molecule has 3 rings (SSSR count). The lowest BCUT2D eigenvalue weighted by molar-refractivity contribution is 0.0416. The van der Waals surface area contributed by atoms with Crippen molar-refractivity contribution in [1.29, 1.82) is 0 Å². The minimum absolute atomic E-state index is 0.0470. The molecular weight excluding hydrogens is 346 g/mol. The molecule has 7 nitrogen and oxygen atoms in total. The Morgan fingerprint density at radius 2 is 1.64 bits per heavy atom. The normalized spacial score (nSPS) is 14.8. The van der Waals surface area contributed by atoms with E-state index < -0.39 is 16.2 Å². The monoisotopic (exact) mass is 363 g/mol. The largest absolute Gasteiger partial charge is 0.415 e. The zero-order valence-corrected chi connectivity index (χ0v) is 14.1. The predicted molar refractivity (Wildman–Crippen MR) is 89.1 cm³/mol. The lowest BCUT2D eigenvalue weighted by Gasteiger charge is -2.25. The van der Waals surface area contributed by atoms with E-state index >= 15 is 0 Å². The number of amides is 1. The molecule has 8 heteroatoms. The average Bonchev–Trinajstić information content (AvgIpc) is 2.63. The Hall–Kier alpha value is -2.58. The van der Waals surface area contributed by atoms with E-state index in [0.717, 1.165) is 0 Å². The number of ether oxygens (including phenoxy) is 2. The van der Waals surface area contributed by atoms with E-state index in [1.54, 1.807) is 30.3 Å². The molecular formula is C17H17NO6S. The number of hydrogen-bond donors (Lipinski definition) is 0. The Morgan fingerprint density at radius 3 is 2.36 bits per heavy atom. The number of benzene rings is 2. The highest BCUT2D eigenvalue weighted by molar-refractivity contribution is 7.87. The topological polar surface area (TPSA) is 82.1 Å².